The predicted octanol–water partition coefficient (Wildman–Crippen LogP) is 5.32. The first-order valence-electron chi connectivity index (χ1n) is 10.1. The van der Waals surface area contributed by atoms with E-state index < -0.39 is 0 Å². The lowest BCUT2D eigenvalue weighted by molar-refractivity contribution is -0.384. The van der Waals surface area contributed by atoms with Gasteiger partial charge in [0.1, 0.15) is 5.69 Å². The lowest BCUT2D eigenvalue weighted by Gasteiger charge is -2.36. The molecule has 0 bridgehead atoms. The summed E-state index contributed by atoms with van der Waals surface area (Å²) in [5.41, 5.74) is 1.86. The third-order valence-electron chi connectivity index (χ3n) is 5.08. The minimum Gasteiger partial charge on any atom is -0.379 e. The highest BCUT2D eigenvalue weighted by Crippen LogP contribution is 2.31. The molecule has 0 aromatic heterocycles. The van der Waals surface area contributed by atoms with Crippen LogP contribution in [0, 0.1) is 15.5 Å². The van der Waals surface area contributed by atoms with E-state index in [2.05, 4.69) is 31.0 Å². The fraction of sp³-hybridized carbons (Fsp3) is 0.409. The summed E-state index contributed by atoms with van der Waals surface area (Å²) in [7, 11) is 0. The van der Waals surface area contributed by atoms with E-state index >= 15 is 0 Å². The molecule has 9 heteroatoms. The lowest BCUT2D eigenvalue weighted by Crippen LogP contribution is -2.48. The fourth-order valence-corrected chi connectivity index (χ4v) is 3.87. The Labute approximate surface area is 192 Å². The minimum atomic E-state index is -0.374. The number of nitro benzene ring substituents is 1. The largest absolute Gasteiger partial charge is 0.379 e. The molecule has 2 aromatic carbocycles. The molecule has 0 unspecified atom stereocenters. The van der Waals surface area contributed by atoms with E-state index in [0.717, 1.165) is 5.69 Å². The molecule has 7 nitrogen and oxygen atoms in total. The van der Waals surface area contributed by atoms with E-state index in [1.807, 2.05) is 6.07 Å². The molecule has 166 valence electrons. The minimum absolute atomic E-state index is 0.0151. The van der Waals surface area contributed by atoms with Crippen LogP contribution in [-0.4, -0.2) is 48.5 Å². The van der Waals surface area contributed by atoms with E-state index in [0.29, 0.717) is 54.0 Å². The molecule has 1 aliphatic heterocycles. The average molecular weight is 465 g/mol. The Hall–Kier alpha value is -2.51. The average Bonchev–Trinajstić information content (AvgIpc) is 2.71. The van der Waals surface area contributed by atoms with E-state index in [4.69, 9.17) is 23.2 Å². The number of hydrogen-bond donors (Lipinski definition) is 1. The predicted molar refractivity (Wildman–Crippen MR) is 126 cm³/mol. The summed E-state index contributed by atoms with van der Waals surface area (Å²) in [5, 5.41) is 15.5. The van der Waals surface area contributed by atoms with Crippen molar-refractivity contribution in [2.24, 2.45) is 5.41 Å². The summed E-state index contributed by atoms with van der Waals surface area (Å²) in [5.74, 6) is -0.127. The molecule has 0 radical (unpaired) electrons. The third-order valence-corrected chi connectivity index (χ3v) is 5.63. The van der Waals surface area contributed by atoms with Crippen molar-refractivity contribution in [2.45, 2.75) is 20.8 Å². The summed E-state index contributed by atoms with van der Waals surface area (Å²) in [6.45, 7) is 9.11. The molecule has 1 heterocycles. The van der Waals surface area contributed by atoms with E-state index in [-0.39, 0.29) is 21.9 Å². The number of nitro groups is 1. The first-order valence-corrected chi connectivity index (χ1v) is 10.8. The zero-order valence-corrected chi connectivity index (χ0v) is 19.3. The van der Waals surface area contributed by atoms with Gasteiger partial charge in [-0.3, -0.25) is 14.9 Å². The van der Waals surface area contributed by atoms with Crippen LogP contribution in [0.25, 0.3) is 0 Å². The summed E-state index contributed by atoms with van der Waals surface area (Å²) in [4.78, 5) is 27.8. The molecule has 0 saturated carbocycles. The maximum Gasteiger partial charge on any atom is 0.292 e. The van der Waals surface area contributed by atoms with E-state index in [1.54, 1.807) is 29.2 Å². The molecule has 1 fully saturated rings. The molecule has 0 atom stereocenters. The topological polar surface area (TPSA) is 78.7 Å². The number of benzene rings is 2. The maximum absolute atomic E-state index is 12.8. The number of nitrogens with zero attached hydrogens (tertiary/aromatic N) is 3. The van der Waals surface area contributed by atoms with Gasteiger partial charge in [-0.05, 0) is 35.7 Å². The van der Waals surface area contributed by atoms with Crippen LogP contribution < -0.4 is 10.2 Å². The number of carbonyl (C=O) groups is 1. The summed E-state index contributed by atoms with van der Waals surface area (Å²) in [6, 6.07) is 9.97. The SMILES string of the molecule is CC(C)(C)CNc1cc(N2CCN(C(=O)c3ccc(Cl)cc3Cl)CC2)ccc1[N+](=O)[O-]. The second-order valence-corrected chi connectivity index (χ2v) is 9.62. The fourth-order valence-electron chi connectivity index (χ4n) is 3.38. The molecule has 31 heavy (non-hydrogen) atoms. The molecule has 2 aromatic rings. The highest BCUT2D eigenvalue weighted by molar-refractivity contribution is 6.36. The van der Waals surface area contributed by atoms with E-state index in [1.165, 1.54) is 6.07 Å². The van der Waals surface area contributed by atoms with Crippen molar-refractivity contribution in [2.75, 3.05) is 42.9 Å². The molecular weight excluding hydrogens is 439 g/mol. The monoisotopic (exact) mass is 464 g/mol. The van der Waals surface area contributed by atoms with Gasteiger partial charge >= 0.3 is 0 Å². The van der Waals surface area contributed by atoms with Crippen LogP contribution in [-0.2, 0) is 0 Å². The van der Waals surface area contributed by atoms with Crippen molar-refractivity contribution in [3.8, 4) is 0 Å². The second kappa shape index (κ2) is 9.32. The Kier molecular flexibility index (Phi) is 6.96. The lowest BCUT2D eigenvalue weighted by atomic mass is 9.97. The van der Waals surface area contributed by atoms with Gasteiger partial charge in [-0.2, -0.15) is 0 Å². The molecule has 3 rings (SSSR count). The number of anilines is 2. The molecule has 0 aliphatic carbocycles. The Balaban J connectivity index is 1.71. The third kappa shape index (κ3) is 5.80. The quantitative estimate of drug-likeness (QED) is 0.478. The van der Waals surface area contributed by atoms with Gasteiger partial charge in [-0.15, -0.1) is 0 Å². The van der Waals surface area contributed by atoms with Crippen LogP contribution in [0.15, 0.2) is 36.4 Å². The van der Waals surface area contributed by atoms with Crippen LogP contribution in [0.4, 0.5) is 17.1 Å². The van der Waals surface area contributed by atoms with E-state index in [9.17, 15) is 14.9 Å². The second-order valence-electron chi connectivity index (χ2n) is 8.78. The number of hydrogen-bond acceptors (Lipinski definition) is 5. The van der Waals surface area contributed by atoms with Crippen molar-refractivity contribution in [3.63, 3.8) is 0 Å². The smallest absolute Gasteiger partial charge is 0.292 e. The van der Waals surface area contributed by atoms with Gasteiger partial charge in [0.2, 0.25) is 0 Å². The molecule has 1 amide bonds. The zero-order valence-electron chi connectivity index (χ0n) is 17.8. The number of halogens is 2. The molecular formula is C22H26Cl2N4O3. The highest BCUT2D eigenvalue weighted by atomic mass is 35.5. The first kappa shape index (κ1) is 23.2. The molecule has 1 saturated heterocycles. The van der Waals surface area contributed by atoms with Crippen molar-refractivity contribution < 1.29 is 9.72 Å². The van der Waals surface area contributed by atoms with Gasteiger partial charge in [0.05, 0.1) is 15.5 Å². The van der Waals surface area contributed by atoms with Gasteiger partial charge in [-0.25, -0.2) is 0 Å². The summed E-state index contributed by atoms with van der Waals surface area (Å²) >= 11 is 12.1. The molecule has 1 aliphatic rings. The molecule has 1 N–H and O–H groups in total. The number of carbonyl (C=O) groups excluding carboxylic acids is 1. The van der Waals surface area contributed by atoms with Crippen molar-refractivity contribution in [1.82, 2.24) is 4.90 Å². The van der Waals surface area contributed by atoms with Gasteiger partial charge in [0.15, 0.2) is 0 Å². The van der Waals surface area contributed by atoms with Crippen LogP contribution in [0.1, 0.15) is 31.1 Å². The van der Waals surface area contributed by atoms with Gasteiger partial charge < -0.3 is 15.1 Å². The van der Waals surface area contributed by atoms with Gasteiger partial charge in [-0.1, -0.05) is 44.0 Å². The number of nitrogens with one attached hydrogen (secondary N) is 1. The molecule has 0 spiro atoms. The summed E-state index contributed by atoms with van der Waals surface area (Å²) in [6.07, 6.45) is 0. The Bertz CT molecular complexity index is 983. The van der Waals surface area contributed by atoms with Crippen molar-refractivity contribution >= 4 is 46.2 Å². The van der Waals surface area contributed by atoms with Crippen LogP contribution in [0.2, 0.25) is 10.0 Å². The number of piperazine rings is 1. The van der Waals surface area contributed by atoms with Crippen LogP contribution >= 0.6 is 23.2 Å². The Morgan fingerprint density at radius 1 is 1.10 bits per heavy atom. The van der Waals surface area contributed by atoms with Crippen LogP contribution in [0.3, 0.4) is 0 Å². The standard InChI is InChI=1S/C22H26Cl2N4O3/c1-22(2,3)14-25-19-13-16(5-7-20(19)28(30)31)26-8-10-27(11-9-26)21(29)17-6-4-15(23)12-18(17)24/h4-7,12-13,25H,8-11,14H2,1-3H3. The first-order chi connectivity index (χ1) is 14.5. The Morgan fingerprint density at radius 3 is 2.35 bits per heavy atom. The van der Waals surface area contributed by atoms with Crippen molar-refractivity contribution in [1.29, 1.82) is 0 Å². The number of amides is 1. The van der Waals surface area contributed by atoms with Gasteiger partial charge in [0.25, 0.3) is 11.6 Å². The van der Waals surface area contributed by atoms with Gasteiger partial charge in [0, 0.05) is 49.5 Å². The van der Waals surface area contributed by atoms with Crippen LogP contribution in [0.5, 0.6) is 0 Å². The highest BCUT2D eigenvalue weighted by Gasteiger charge is 2.25. The Morgan fingerprint density at radius 2 is 1.77 bits per heavy atom. The van der Waals surface area contributed by atoms with Crippen molar-refractivity contribution in [3.05, 3.63) is 62.1 Å². The maximum atomic E-state index is 12.8. The summed E-state index contributed by atoms with van der Waals surface area (Å²) < 4.78 is 0. The number of rotatable bonds is 5. The normalized spacial score (nSPS) is 14.5. The zero-order chi connectivity index (χ0) is 22.8.